The monoisotopic (exact) mass is 452 g/mol. The molecular weight excluding hydrogens is 415 g/mol. The summed E-state index contributed by atoms with van der Waals surface area (Å²) in [5.41, 5.74) is 0. The van der Waals surface area contributed by atoms with Crippen molar-refractivity contribution in [2.75, 3.05) is 52.4 Å². The van der Waals surface area contributed by atoms with Crippen LogP contribution in [-0.2, 0) is 4.74 Å². The number of rotatable bonds is 6. The predicted molar refractivity (Wildman–Crippen MR) is 112 cm³/mol. The maximum atomic E-state index is 5.76. The molecule has 2 saturated heterocycles. The smallest absolute Gasteiger partial charge is 0.193 e. The number of aliphatic imine (C=N–C) groups is 1. The van der Waals surface area contributed by atoms with Gasteiger partial charge in [0.2, 0.25) is 0 Å². The second kappa shape index (κ2) is 12.3. The van der Waals surface area contributed by atoms with E-state index in [1.165, 1.54) is 32.5 Å². The summed E-state index contributed by atoms with van der Waals surface area (Å²) in [4.78, 5) is 9.94. The molecule has 142 valence electrons. The Bertz CT molecular complexity index is 359. The van der Waals surface area contributed by atoms with Crippen LogP contribution in [0, 0.1) is 5.92 Å². The maximum absolute atomic E-state index is 5.76. The zero-order chi connectivity index (χ0) is 16.5. The van der Waals surface area contributed by atoms with Crippen LogP contribution < -0.4 is 5.32 Å². The number of nitrogens with one attached hydrogen (secondary N) is 1. The SMILES string of the molecule is CCNC(=NCC1CCCN(CC)C1)N1CCC(OCC)CC1.I. The Kier molecular flexibility index (Phi) is 11.3. The Balaban J connectivity index is 0.00000288. The molecule has 6 heteroatoms. The molecule has 1 N–H and O–H groups in total. The Labute approximate surface area is 165 Å². The first-order valence-electron chi connectivity index (χ1n) is 9.64. The minimum atomic E-state index is 0. The zero-order valence-electron chi connectivity index (χ0n) is 15.8. The number of halogens is 1. The van der Waals surface area contributed by atoms with Crippen LogP contribution in [-0.4, -0.2) is 74.3 Å². The molecule has 1 atom stereocenters. The van der Waals surface area contributed by atoms with Crippen molar-refractivity contribution in [2.24, 2.45) is 10.9 Å². The molecule has 0 spiro atoms. The van der Waals surface area contributed by atoms with E-state index < -0.39 is 0 Å². The van der Waals surface area contributed by atoms with Gasteiger partial charge in [-0.3, -0.25) is 4.99 Å². The number of piperidine rings is 2. The molecule has 0 amide bonds. The first-order valence-corrected chi connectivity index (χ1v) is 9.64. The summed E-state index contributed by atoms with van der Waals surface area (Å²) in [6, 6.07) is 0. The molecule has 0 aliphatic carbocycles. The molecule has 1 unspecified atom stereocenters. The quantitative estimate of drug-likeness (QED) is 0.382. The largest absolute Gasteiger partial charge is 0.378 e. The van der Waals surface area contributed by atoms with E-state index in [9.17, 15) is 0 Å². The van der Waals surface area contributed by atoms with Crippen molar-refractivity contribution in [2.45, 2.75) is 52.6 Å². The van der Waals surface area contributed by atoms with Crippen molar-refractivity contribution < 1.29 is 4.74 Å². The van der Waals surface area contributed by atoms with Gasteiger partial charge in [-0.2, -0.15) is 0 Å². The van der Waals surface area contributed by atoms with Gasteiger partial charge in [0, 0.05) is 39.3 Å². The fourth-order valence-corrected chi connectivity index (χ4v) is 3.70. The zero-order valence-corrected chi connectivity index (χ0v) is 18.1. The highest BCUT2D eigenvalue weighted by Crippen LogP contribution is 2.17. The second-order valence-electron chi connectivity index (χ2n) is 6.74. The lowest BCUT2D eigenvalue weighted by Gasteiger charge is -2.35. The lowest BCUT2D eigenvalue weighted by molar-refractivity contribution is 0.0263. The maximum Gasteiger partial charge on any atom is 0.193 e. The third-order valence-corrected chi connectivity index (χ3v) is 5.03. The van der Waals surface area contributed by atoms with Gasteiger partial charge >= 0.3 is 0 Å². The van der Waals surface area contributed by atoms with Crippen molar-refractivity contribution in [3.8, 4) is 0 Å². The first-order chi connectivity index (χ1) is 11.3. The van der Waals surface area contributed by atoms with Crippen molar-refractivity contribution in [1.29, 1.82) is 0 Å². The number of nitrogens with zero attached hydrogens (tertiary/aromatic N) is 3. The van der Waals surface area contributed by atoms with E-state index in [0.29, 0.717) is 6.10 Å². The van der Waals surface area contributed by atoms with Crippen molar-refractivity contribution in [3.05, 3.63) is 0 Å². The molecule has 5 nitrogen and oxygen atoms in total. The highest BCUT2D eigenvalue weighted by molar-refractivity contribution is 14.0. The van der Waals surface area contributed by atoms with E-state index in [1.807, 2.05) is 0 Å². The highest BCUT2D eigenvalue weighted by Gasteiger charge is 2.23. The van der Waals surface area contributed by atoms with Crippen LogP contribution in [0.5, 0.6) is 0 Å². The van der Waals surface area contributed by atoms with E-state index in [0.717, 1.165) is 57.5 Å². The van der Waals surface area contributed by atoms with Gasteiger partial charge in [0.15, 0.2) is 5.96 Å². The van der Waals surface area contributed by atoms with E-state index in [2.05, 4.69) is 35.9 Å². The number of hydrogen-bond acceptors (Lipinski definition) is 3. The average molecular weight is 452 g/mol. The van der Waals surface area contributed by atoms with Crippen LogP contribution >= 0.6 is 24.0 Å². The minimum Gasteiger partial charge on any atom is -0.378 e. The molecule has 24 heavy (non-hydrogen) atoms. The van der Waals surface area contributed by atoms with Gasteiger partial charge in [-0.1, -0.05) is 6.92 Å². The van der Waals surface area contributed by atoms with Crippen molar-refractivity contribution >= 4 is 29.9 Å². The third kappa shape index (κ3) is 7.04. The van der Waals surface area contributed by atoms with Gasteiger partial charge < -0.3 is 19.9 Å². The molecule has 0 bridgehead atoms. The Morgan fingerprint density at radius 1 is 1.12 bits per heavy atom. The lowest BCUT2D eigenvalue weighted by atomic mass is 9.98. The van der Waals surface area contributed by atoms with Gasteiger partial charge in [-0.15, -0.1) is 24.0 Å². The molecule has 2 heterocycles. The van der Waals surface area contributed by atoms with Gasteiger partial charge in [0.25, 0.3) is 0 Å². The summed E-state index contributed by atoms with van der Waals surface area (Å²) < 4.78 is 5.76. The molecule has 0 saturated carbocycles. The fourth-order valence-electron chi connectivity index (χ4n) is 3.70. The van der Waals surface area contributed by atoms with Crippen LogP contribution in [0.15, 0.2) is 4.99 Å². The Hall–Kier alpha value is -0.0800. The van der Waals surface area contributed by atoms with E-state index in [-0.39, 0.29) is 24.0 Å². The fraction of sp³-hybridized carbons (Fsp3) is 0.944. The molecule has 2 aliphatic heterocycles. The number of likely N-dealkylation sites (tertiary alicyclic amines) is 2. The van der Waals surface area contributed by atoms with Gasteiger partial charge in [0.1, 0.15) is 0 Å². The summed E-state index contributed by atoms with van der Waals surface area (Å²) in [5, 5.41) is 3.49. The lowest BCUT2D eigenvalue weighted by Crippen LogP contribution is -2.47. The molecule has 2 fully saturated rings. The van der Waals surface area contributed by atoms with Crippen molar-refractivity contribution in [1.82, 2.24) is 15.1 Å². The Morgan fingerprint density at radius 2 is 1.88 bits per heavy atom. The summed E-state index contributed by atoms with van der Waals surface area (Å²) in [6.45, 7) is 15.0. The van der Waals surface area contributed by atoms with E-state index in [1.54, 1.807) is 0 Å². The standard InChI is InChI=1S/C18H36N4O.HI/c1-4-19-18(22-12-9-17(10-13-22)23-6-3)20-14-16-8-7-11-21(5-2)15-16;/h16-17H,4-15H2,1-3H3,(H,19,20);1H. The molecular formula is C18H37IN4O. The molecule has 0 aromatic carbocycles. The van der Waals surface area contributed by atoms with Crippen LogP contribution in [0.25, 0.3) is 0 Å². The van der Waals surface area contributed by atoms with Crippen LogP contribution in [0.3, 0.4) is 0 Å². The molecule has 0 aromatic heterocycles. The summed E-state index contributed by atoms with van der Waals surface area (Å²) >= 11 is 0. The molecule has 2 rings (SSSR count). The normalized spacial score (nSPS) is 23.9. The van der Waals surface area contributed by atoms with Crippen LogP contribution in [0.4, 0.5) is 0 Å². The first kappa shape index (κ1) is 22.0. The van der Waals surface area contributed by atoms with Gasteiger partial charge in [-0.25, -0.2) is 0 Å². The number of guanidine groups is 1. The summed E-state index contributed by atoms with van der Waals surface area (Å²) in [7, 11) is 0. The van der Waals surface area contributed by atoms with E-state index >= 15 is 0 Å². The number of hydrogen-bond donors (Lipinski definition) is 1. The van der Waals surface area contributed by atoms with Crippen LogP contribution in [0.1, 0.15) is 46.5 Å². The van der Waals surface area contributed by atoms with E-state index in [4.69, 9.17) is 9.73 Å². The van der Waals surface area contributed by atoms with Gasteiger partial charge in [0.05, 0.1) is 6.10 Å². The summed E-state index contributed by atoms with van der Waals surface area (Å²) in [6.07, 6.45) is 5.32. The highest BCUT2D eigenvalue weighted by atomic mass is 127. The topological polar surface area (TPSA) is 40.1 Å². The van der Waals surface area contributed by atoms with Crippen LogP contribution in [0.2, 0.25) is 0 Å². The number of ether oxygens (including phenoxy) is 1. The van der Waals surface area contributed by atoms with Crippen molar-refractivity contribution in [3.63, 3.8) is 0 Å². The Morgan fingerprint density at radius 3 is 2.50 bits per heavy atom. The molecule has 0 aromatic rings. The third-order valence-electron chi connectivity index (χ3n) is 5.03. The molecule has 0 radical (unpaired) electrons. The average Bonchev–Trinajstić information content (AvgIpc) is 2.60. The minimum absolute atomic E-state index is 0. The second-order valence-corrected chi connectivity index (χ2v) is 6.74. The summed E-state index contributed by atoms with van der Waals surface area (Å²) in [5.74, 6) is 1.83. The predicted octanol–water partition coefficient (Wildman–Crippen LogP) is 2.80. The van der Waals surface area contributed by atoms with Gasteiger partial charge in [-0.05, 0) is 58.5 Å². The molecule has 2 aliphatic rings.